The zero-order valence-corrected chi connectivity index (χ0v) is 9.19. The predicted octanol–water partition coefficient (Wildman–Crippen LogP) is 2.41. The third-order valence-electron chi connectivity index (χ3n) is 3.43. The van der Waals surface area contributed by atoms with Gasteiger partial charge in [0.2, 0.25) is 0 Å². The second-order valence-electron chi connectivity index (χ2n) is 4.60. The Kier molecular flexibility index (Phi) is 2.92. The summed E-state index contributed by atoms with van der Waals surface area (Å²) in [7, 11) is 0. The summed E-state index contributed by atoms with van der Waals surface area (Å²) >= 11 is 0. The van der Waals surface area contributed by atoms with Crippen LogP contribution in [0.4, 0.5) is 5.69 Å². The summed E-state index contributed by atoms with van der Waals surface area (Å²) in [4.78, 5) is 10.5. The molecule has 1 aromatic carbocycles. The molecule has 0 heterocycles. The molecule has 0 aliphatic heterocycles. The fourth-order valence-corrected chi connectivity index (χ4v) is 2.16. The predicted molar refractivity (Wildman–Crippen MR) is 62.2 cm³/mol. The molecule has 86 valence electrons. The molecule has 0 radical (unpaired) electrons. The zero-order valence-electron chi connectivity index (χ0n) is 9.19. The molecule has 4 nitrogen and oxygen atoms in total. The molecule has 1 aliphatic rings. The van der Waals surface area contributed by atoms with E-state index in [-0.39, 0.29) is 16.1 Å². The third-order valence-corrected chi connectivity index (χ3v) is 3.43. The van der Waals surface area contributed by atoms with Crippen molar-refractivity contribution < 1.29 is 4.92 Å². The Bertz CT molecular complexity index is 400. The number of benzene rings is 1. The van der Waals surface area contributed by atoms with Crippen LogP contribution < -0.4 is 5.73 Å². The van der Waals surface area contributed by atoms with Crippen LogP contribution in [0, 0.1) is 10.1 Å². The average Bonchev–Trinajstić information content (AvgIpc) is 2.24. The number of para-hydroxylation sites is 1. The number of nitrogens with two attached hydrogens (primary N) is 1. The highest BCUT2D eigenvalue weighted by atomic mass is 16.6. The Morgan fingerprint density at radius 1 is 1.38 bits per heavy atom. The van der Waals surface area contributed by atoms with Gasteiger partial charge in [0.1, 0.15) is 0 Å². The third kappa shape index (κ3) is 2.22. The molecule has 2 rings (SSSR count). The van der Waals surface area contributed by atoms with Crippen molar-refractivity contribution in [1.29, 1.82) is 0 Å². The van der Waals surface area contributed by atoms with Gasteiger partial charge in [-0.3, -0.25) is 10.1 Å². The van der Waals surface area contributed by atoms with E-state index < -0.39 is 0 Å². The van der Waals surface area contributed by atoms with E-state index in [4.69, 9.17) is 5.73 Å². The molecule has 0 amide bonds. The van der Waals surface area contributed by atoms with Crippen molar-refractivity contribution in [2.75, 3.05) is 0 Å². The lowest BCUT2D eigenvalue weighted by molar-refractivity contribution is -0.385. The van der Waals surface area contributed by atoms with Crippen LogP contribution in [0.25, 0.3) is 0 Å². The molecule has 0 saturated heterocycles. The van der Waals surface area contributed by atoms with Gasteiger partial charge in [0.15, 0.2) is 0 Å². The largest absolute Gasteiger partial charge is 0.325 e. The number of nitro benzene ring substituents is 1. The lowest BCUT2D eigenvalue weighted by atomic mass is 9.74. The zero-order chi connectivity index (χ0) is 11.6. The normalized spacial score (nSPS) is 17.8. The number of hydrogen-bond donors (Lipinski definition) is 1. The topological polar surface area (TPSA) is 69.2 Å². The molecule has 0 aromatic heterocycles. The van der Waals surface area contributed by atoms with E-state index in [1.54, 1.807) is 12.1 Å². The Hall–Kier alpha value is -1.42. The highest BCUT2D eigenvalue weighted by Crippen LogP contribution is 2.34. The molecule has 2 N–H and O–H groups in total. The van der Waals surface area contributed by atoms with Crippen molar-refractivity contribution in [3.63, 3.8) is 0 Å². The second kappa shape index (κ2) is 4.22. The van der Waals surface area contributed by atoms with Gasteiger partial charge in [-0.2, -0.15) is 0 Å². The van der Waals surface area contributed by atoms with Crippen LogP contribution >= 0.6 is 0 Å². The number of rotatable bonds is 4. The first-order valence-electron chi connectivity index (χ1n) is 5.62. The van der Waals surface area contributed by atoms with E-state index in [1.165, 1.54) is 6.42 Å². The molecule has 0 atom stereocenters. The maximum Gasteiger partial charge on any atom is 0.272 e. The van der Waals surface area contributed by atoms with Gasteiger partial charge in [0.25, 0.3) is 5.69 Å². The molecule has 1 aliphatic carbocycles. The Labute approximate surface area is 94.6 Å². The van der Waals surface area contributed by atoms with Crippen molar-refractivity contribution in [3.05, 3.63) is 39.9 Å². The fourth-order valence-electron chi connectivity index (χ4n) is 2.16. The monoisotopic (exact) mass is 220 g/mol. The fraction of sp³-hybridized carbons (Fsp3) is 0.500. The van der Waals surface area contributed by atoms with Gasteiger partial charge in [-0.1, -0.05) is 18.2 Å². The number of aryl methyl sites for hydroxylation is 1. The van der Waals surface area contributed by atoms with E-state index in [9.17, 15) is 10.1 Å². The van der Waals surface area contributed by atoms with Crippen molar-refractivity contribution in [1.82, 2.24) is 0 Å². The van der Waals surface area contributed by atoms with E-state index in [0.29, 0.717) is 6.42 Å². The SMILES string of the molecule is NC1(CCc2ccccc2[N+](=O)[O-])CCC1. The van der Waals surface area contributed by atoms with Gasteiger partial charge in [0, 0.05) is 17.2 Å². The van der Waals surface area contributed by atoms with Crippen LogP contribution in [0.5, 0.6) is 0 Å². The quantitative estimate of drug-likeness (QED) is 0.625. The first kappa shape index (κ1) is 11.1. The summed E-state index contributed by atoms with van der Waals surface area (Å²) in [5.74, 6) is 0. The molecule has 0 unspecified atom stereocenters. The Balaban J connectivity index is 2.06. The molecule has 4 heteroatoms. The molecule has 16 heavy (non-hydrogen) atoms. The molecule has 1 fully saturated rings. The molecule has 0 spiro atoms. The maximum atomic E-state index is 10.8. The molecular formula is C12H16N2O2. The van der Waals surface area contributed by atoms with Gasteiger partial charge in [-0.15, -0.1) is 0 Å². The summed E-state index contributed by atoms with van der Waals surface area (Å²) in [5, 5.41) is 10.8. The van der Waals surface area contributed by atoms with Crippen LogP contribution in [0.3, 0.4) is 0 Å². The van der Waals surface area contributed by atoms with Gasteiger partial charge >= 0.3 is 0 Å². The van der Waals surface area contributed by atoms with Gasteiger partial charge < -0.3 is 5.73 Å². The van der Waals surface area contributed by atoms with E-state index in [2.05, 4.69) is 0 Å². The van der Waals surface area contributed by atoms with Crippen LogP contribution in [0.1, 0.15) is 31.2 Å². The maximum absolute atomic E-state index is 10.8. The van der Waals surface area contributed by atoms with Crippen LogP contribution in [0.15, 0.2) is 24.3 Å². The van der Waals surface area contributed by atoms with Gasteiger partial charge in [-0.25, -0.2) is 0 Å². The van der Waals surface area contributed by atoms with E-state index in [0.717, 1.165) is 24.8 Å². The minimum atomic E-state index is -0.320. The van der Waals surface area contributed by atoms with Crippen molar-refractivity contribution in [2.45, 2.75) is 37.6 Å². The van der Waals surface area contributed by atoms with E-state index >= 15 is 0 Å². The molecule has 1 aromatic rings. The summed E-state index contributed by atoms with van der Waals surface area (Å²) in [6.45, 7) is 0. The molecule has 1 saturated carbocycles. The highest BCUT2D eigenvalue weighted by Gasteiger charge is 2.32. The highest BCUT2D eigenvalue weighted by molar-refractivity contribution is 5.39. The minimum Gasteiger partial charge on any atom is -0.325 e. The van der Waals surface area contributed by atoms with Gasteiger partial charge in [-0.05, 0) is 32.1 Å². The summed E-state index contributed by atoms with van der Waals surface area (Å²) in [6.07, 6.45) is 4.83. The van der Waals surface area contributed by atoms with E-state index in [1.807, 2.05) is 12.1 Å². The number of nitrogens with zero attached hydrogens (tertiary/aromatic N) is 1. The number of hydrogen-bond acceptors (Lipinski definition) is 3. The summed E-state index contributed by atoms with van der Waals surface area (Å²) < 4.78 is 0. The summed E-state index contributed by atoms with van der Waals surface area (Å²) in [5.41, 5.74) is 7.05. The van der Waals surface area contributed by atoms with Crippen molar-refractivity contribution >= 4 is 5.69 Å². The molecule has 0 bridgehead atoms. The second-order valence-corrected chi connectivity index (χ2v) is 4.60. The lowest BCUT2D eigenvalue weighted by Crippen LogP contribution is -2.46. The first-order valence-corrected chi connectivity index (χ1v) is 5.62. The van der Waals surface area contributed by atoms with Crippen molar-refractivity contribution in [3.8, 4) is 0 Å². The minimum absolute atomic E-state index is 0.0658. The van der Waals surface area contributed by atoms with Crippen molar-refractivity contribution in [2.24, 2.45) is 5.73 Å². The Morgan fingerprint density at radius 2 is 2.06 bits per heavy atom. The summed E-state index contributed by atoms with van der Waals surface area (Å²) in [6, 6.07) is 6.91. The first-order chi connectivity index (χ1) is 7.61. The molecular weight excluding hydrogens is 204 g/mol. The van der Waals surface area contributed by atoms with Crippen LogP contribution in [-0.2, 0) is 6.42 Å². The average molecular weight is 220 g/mol. The smallest absolute Gasteiger partial charge is 0.272 e. The number of nitro groups is 1. The van der Waals surface area contributed by atoms with Crippen LogP contribution in [0.2, 0.25) is 0 Å². The Morgan fingerprint density at radius 3 is 2.62 bits per heavy atom. The standard InChI is InChI=1S/C12H16N2O2/c13-12(7-3-8-12)9-6-10-4-1-2-5-11(10)14(15)16/h1-2,4-5H,3,6-9,13H2. The van der Waals surface area contributed by atoms with Crippen LogP contribution in [-0.4, -0.2) is 10.5 Å². The van der Waals surface area contributed by atoms with Gasteiger partial charge in [0.05, 0.1) is 4.92 Å². The lowest BCUT2D eigenvalue weighted by Gasteiger charge is -2.38.